The first-order valence-electron chi connectivity index (χ1n) is 6.11. The maximum Gasteiger partial charge on any atom is 0.313 e. The molecule has 0 fully saturated rings. The van der Waals surface area contributed by atoms with E-state index in [1.807, 2.05) is 22.8 Å². The molecular weight excluding hydrogens is 316 g/mol. The lowest BCUT2D eigenvalue weighted by molar-refractivity contribution is -0.133. The van der Waals surface area contributed by atoms with Crippen LogP contribution in [0.1, 0.15) is 6.42 Å². The molecule has 1 aromatic carbocycles. The van der Waals surface area contributed by atoms with E-state index >= 15 is 0 Å². The van der Waals surface area contributed by atoms with Crippen molar-refractivity contribution in [3.63, 3.8) is 0 Å². The summed E-state index contributed by atoms with van der Waals surface area (Å²) >= 11 is 9.28. The molecule has 108 valence electrons. The second-order valence-electron chi connectivity index (χ2n) is 4.18. The zero-order chi connectivity index (χ0) is 14.5. The van der Waals surface area contributed by atoms with Gasteiger partial charge in [-0.2, -0.15) is 11.8 Å². The summed E-state index contributed by atoms with van der Waals surface area (Å²) in [5, 5.41) is 10.2. The molecule has 2 aromatic rings. The highest BCUT2D eigenvalue weighted by atomic mass is 35.5. The van der Waals surface area contributed by atoms with Gasteiger partial charge in [-0.25, -0.2) is 4.98 Å². The van der Waals surface area contributed by atoms with Crippen molar-refractivity contribution >= 4 is 52.1 Å². The number of para-hydroxylation sites is 1. The number of benzene rings is 1. The molecule has 7 heteroatoms. The summed E-state index contributed by atoms with van der Waals surface area (Å²) in [6.45, 7) is 0.795. The van der Waals surface area contributed by atoms with Crippen molar-refractivity contribution in [1.82, 2.24) is 9.55 Å². The molecule has 0 aliphatic carbocycles. The Labute approximate surface area is 130 Å². The summed E-state index contributed by atoms with van der Waals surface area (Å²) in [6, 6.07) is 5.59. The fourth-order valence-electron chi connectivity index (χ4n) is 1.93. The van der Waals surface area contributed by atoms with Gasteiger partial charge in [0.1, 0.15) is 0 Å². The van der Waals surface area contributed by atoms with Gasteiger partial charge in [-0.15, -0.1) is 0 Å². The van der Waals surface area contributed by atoms with Crippen molar-refractivity contribution in [2.24, 2.45) is 0 Å². The van der Waals surface area contributed by atoms with Crippen LogP contribution in [-0.2, 0) is 11.3 Å². The lowest BCUT2D eigenvalue weighted by Gasteiger charge is -2.08. The second kappa shape index (κ2) is 7.24. The summed E-state index contributed by atoms with van der Waals surface area (Å²) < 4.78 is 2.03. The number of aryl methyl sites for hydroxylation is 1. The van der Waals surface area contributed by atoms with E-state index < -0.39 is 5.97 Å². The number of rotatable bonds is 7. The first-order chi connectivity index (χ1) is 9.63. The van der Waals surface area contributed by atoms with Gasteiger partial charge < -0.3 is 9.67 Å². The zero-order valence-electron chi connectivity index (χ0n) is 11.0. The molecule has 0 amide bonds. The molecular formula is C13H15ClN2O2S2. The molecule has 0 aliphatic heterocycles. The minimum atomic E-state index is -0.844. The molecule has 0 saturated carbocycles. The predicted octanol–water partition coefficient (Wildman–Crippen LogP) is 3.62. The molecule has 0 atom stereocenters. The highest BCUT2D eigenvalue weighted by Crippen LogP contribution is 2.29. The summed E-state index contributed by atoms with van der Waals surface area (Å²) in [5.41, 5.74) is 1.71. The third kappa shape index (κ3) is 3.62. The molecule has 0 unspecified atom stereocenters. The number of imidazole rings is 1. The molecule has 1 heterocycles. The van der Waals surface area contributed by atoms with Gasteiger partial charge in [-0.3, -0.25) is 4.79 Å². The van der Waals surface area contributed by atoms with Crippen LogP contribution in [0, 0.1) is 0 Å². The molecule has 2 rings (SSSR count). The van der Waals surface area contributed by atoms with E-state index in [4.69, 9.17) is 16.7 Å². The van der Waals surface area contributed by atoms with Crippen molar-refractivity contribution in [1.29, 1.82) is 0 Å². The van der Waals surface area contributed by atoms with Gasteiger partial charge in [0.05, 0.1) is 21.8 Å². The van der Waals surface area contributed by atoms with Crippen molar-refractivity contribution in [3.05, 3.63) is 23.2 Å². The topological polar surface area (TPSA) is 55.1 Å². The minimum Gasteiger partial charge on any atom is -0.481 e. The maximum absolute atomic E-state index is 10.7. The summed E-state index contributed by atoms with van der Waals surface area (Å²) in [6.07, 6.45) is 3.07. The number of aromatic nitrogens is 2. The molecule has 1 N–H and O–H groups in total. The first-order valence-corrected chi connectivity index (χ1v) is 8.87. The number of carboxylic acid groups (broad SMARTS) is 1. The quantitative estimate of drug-likeness (QED) is 0.620. The number of nitrogens with zero attached hydrogens (tertiary/aromatic N) is 2. The van der Waals surface area contributed by atoms with Gasteiger partial charge in [0, 0.05) is 6.54 Å². The third-order valence-electron chi connectivity index (χ3n) is 2.74. The SMILES string of the molecule is CSCCCn1c(SCC(=O)O)nc2cccc(Cl)c21. The summed E-state index contributed by atoms with van der Waals surface area (Å²) in [5.74, 6) is 0.209. The van der Waals surface area contributed by atoms with E-state index in [2.05, 4.69) is 11.2 Å². The lowest BCUT2D eigenvalue weighted by Crippen LogP contribution is -2.04. The Morgan fingerprint density at radius 1 is 1.50 bits per heavy atom. The number of thioether (sulfide) groups is 2. The molecule has 0 radical (unpaired) electrons. The van der Waals surface area contributed by atoms with E-state index in [1.165, 1.54) is 11.8 Å². The van der Waals surface area contributed by atoms with E-state index in [1.54, 1.807) is 11.8 Å². The van der Waals surface area contributed by atoms with Crippen molar-refractivity contribution in [2.45, 2.75) is 18.1 Å². The third-order valence-corrected chi connectivity index (χ3v) is 4.70. The number of halogens is 1. The van der Waals surface area contributed by atoms with E-state index in [0.717, 1.165) is 34.9 Å². The van der Waals surface area contributed by atoms with Gasteiger partial charge in [0.25, 0.3) is 0 Å². The normalized spacial score (nSPS) is 11.1. The van der Waals surface area contributed by atoms with Gasteiger partial charge in [0.2, 0.25) is 0 Å². The molecule has 0 saturated heterocycles. The van der Waals surface area contributed by atoms with Gasteiger partial charge in [-0.1, -0.05) is 29.4 Å². The van der Waals surface area contributed by atoms with Crippen molar-refractivity contribution in [2.75, 3.05) is 17.8 Å². The lowest BCUT2D eigenvalue weighted by atomic mass is 10.3. The van der Waals surface area contributed by atoms with Gasteiger partial charge >= 0.3 is 5.97 Å². The average molecular weight is 331 g/mol. The largest absolute Gasteiger partial charge is 0.481 e. The Morgan fingerprint density at radius 2 is 2.30 bits per heavy atom. The predicted molar refractivity (Wildman–Crippen MR) is 86.1 cm³/mol. The van der Waals surface area contributed by atoms with Crippen LogP contribution in [0.5, 0.6) is 0 Å². The zero-order valence-corrected chi connectivity index (χ0v) is 13.4. The Morgan fingerprint density at radius 3 is 3.00 bits per heavy atom. The molecule has 20 heavy (non-hydrogen) atoms. The molecule has 4 nitrogen and oxygen atoms in total. The van der Waals surface area contributed by atoms with Crippen molar-refractivity contribution < 1.29 is 9.90 Å². The van der Waals surface area contributed by atoms with E-state index in [9.17, 15) is 4.79 Å². The highest BCUT2D eigenvalue weighted by molar-refractivity contribution is 7.99. The summed E-state index contributed by atoms with van der Waals surface area (Å²) in [7, 11) is 0. The standard InChI is InChI=1S/C13H15ClN2O2S2/c1-19-7-3-6-16-12-9(14)4-2-5-10(12)15-13(16)20-8-11(17)18/h2,4-5H,3,6-8H2,1H3,(H,17,18). The molecule has 0 spiro atoms. The highest BCUT2D eigenvalue weighted by Gasteiger charge is 2.14. The number of carboxylic acids is 1. The Kier molecular flexibility index (Phi) is 5.63. The number of fused-ring (bicyclic) bond motifs is 1. The van der Waals surface area contributed by atoms with Crippen LogP contribution < -0.4 is 0 Å². The Hall–Kier alpha value is -0.850. The monoisotopic (exact) mass is 330 g/mol. The number of aliphatic carboxylic acids is 1. The van der Waals surface area contributed by atoms with Crippen LogP contribution >= 0.6 is 35.1 Å². The van der Waals surface area contributed by atoms with Gasteiger partial charge in [-0.05, 0) is 30.6 Å². The fraction of sp³-hybridized carbons (Fsp3) is 0.385. The van der Waals surface area contributed by atoms with Crippen LogP contribution in [0.15, 0.2) is 23.4 Å². The average Bonchev–Trinajstić information content (AvgIpc) is 2.76. The summed E-state index contributed by atoms with van der Waals surface area (Å²) in [4.78, 5) is 15.2. The van der Waals surface area contributed by atoms with Crippen LogP contribution in [-0.4, -0.2) is 38.4 Å². The van der Waals surface area contributed by atoms with Crippen LogP contribution in [0.2, 0.25) is 5.02 Å². The van der Waals surface area contributed by atoms with E-state index in [-0.39, 0.29) is 5.75 Å². The Balaban J connectivity index is 2.35. The molecule has 0 bridgehead atoms. The van der Waals surface area contributed by atoms with Gasteiger partial charge in [0.15, 0.2) is 5.16 Å². The number of hydrogen-bond donors (Lipinski definition) is 1. The second-order valence-corrected chi connectivity index (χ2v) is 6.52. The van der Waals surface area contributed by atoms with E-state index in [0.29, 0.717) is 5.02 Å². The minimum absolute atomic E-state index is 0.00344. The first kappa shape index (κ1) is 15.5. The van der Waals surface area contributed by atoms with Crippen LogP contribution in [0.3, 0.4) is 0 Å². The molecule has 1 aromatic heterocycles. The Bertz CT molecular complexity index is 616. The maximum atomic E-state index is 10.7. The molecule has 0 aliphatic rings. The van der Waals surface area contributed by atoms with Crippen LogP contribution in [0.4, 0.5) is 0 Å². The smallest absolute Gasteiger partial charge is 0.313 e. The number of hydrogen-bond acceptors (Lipinski definition) is 4. The van der Waals surface area contributed by atoms with Crippen molar-refractivity contribution in [3.8, 4) is 0 Å². The number of carbonyl (C=O) groups is 1. The fourth-order valence-corrected chi connectivity index (χ4v) is 3.37. The van der Waals surface area contributed by atoms with Crippen LogP contribution in [0.25, 0.3) is 11.0 Å².